The number of aromatic nitrogens is 1. The van der Waals surface area contributed by atoms with Crippen molar-refractivity contribution >= 4 is 24.4 Å². The first kappa shape index (κ1) is 11.5. The number of nitrogens with one attached hydrogen (secondary N) is 1. The van der Waals surface area contributed by atoms with Crippen LogP contribution in [0.25, 0.3) is 0 Å². The molecule has 0 aliphatic carbocycles. The van der Waals surface area contributed by atoms with Crippen molar-refractivity contribution in [3.05, 3.63) is 59.3 Å². The van der Waals surface area contributed by atoms with Crippen molar-refractivity contribution < 1.29 is 9.52 Å². The van der Waals surface area contributed by atoms with Crippen LogP contribution in [0.3, 0.4) is 0 Å². The van der Waals surface area contributed by atoms with Gasteiger partial charge in [-0.05, 0) is 24.3 Å². The van der Waals surface area contributed by atoms with Crippen LogP contribution < -0.4 is 10.0 Å². The molecule has 0 spiro atoms. The predicted octanol–water partition coefficient (Wildman–Crippen LogP) is 1.86. The van der Waals surface area contributed by atoms with E-state index in [2.05, 4.69) is 17.9 Å². The van der Waals surface area contributed by atoms with E-state index >= 15 is 0 Å². The number of carbonyl (C=O) groups excluding carboxylic acids is 1. The number of hydrogen-bond acceptors (Lipinski definition) is 3. The highest BCUT2D eigenvalue weighted by molar-refractivity contribution is 7.80. The molecule has 1 aromatic carbocycles. The quantitative estimate of drug-likeness (QED) is 0.483. The van der Waals surface area contributed by atoms with Crippen molar-refractivity contribution in [3.8, 4) is 0 Å². The number of benzene rings is 1. The number of thiol groups is 1. The average molecular weight is 246 g/mol. The minimum absolute atomic E-state index is 0.159. The summed E-state index contributed by atoms with van der Waals surface area (Å²) in [6.45, 7) is 0. The summed E-state index contributed by atoms with van der Waals surface area (Å²) in [7, 11) is 0. The molecule has 1 amide bonds. The van der Waals surface area contributed by atoms with Crippen LogP contribution in [0.1, 0.15) is 10.4 Å². The molecule has 1 N–H and O–H groups in total. The standard InChI is InChI=1S/C12H10N2O2S/c15-12(9-5-2-1-3-6-9)13-10-7-4-8-11(17)14(10)16/h1-8,17H,(H,13,15). The van der Waals surface area contributed by atoms with E-state index in [-0.39, 0.29) is 16.8 Å². The normalized spacial score (nSPS) is 9.94. The highest BCUT2D eigenvalue weighted by atomic mass is 32.1. The summed E-state index contributed by atoms with van der Waals surface area (Å²) >= 11 is 3.98. The summed E-state index contributed by atoms with van der Waals surface area (Å²) < 4.78 is 0.559. The molecule has 4 nitrogen and oxygen atoms in total. The van der Waals surface area contributed by atoms with Gasteiger partial charge in [-0.1, -0.05) is 18.2 Å². The lowest BCUT2D eigenvalue weighted by atomic mass is 10.2. The minimum atomic E-state index is -0.325. The fourth-order valence-electron chi connectivity index (χ4n) is 1.35. The van der Waals surface area contributed by atoms with Crippen LogP contribution in [0.5, 0.6) is 0 Å². The maximum Gasteiger partial charge on any atom is 0.339 e. The Bertz CT molecular complexity index is 543. The Morgan fingerprint density at radius 1 is 1.12 bits per heavy atom. The molecule has 2 aromatic rings. The first-order valence-electron chi connectivity index (χ1n) is 4.96. The number of rotatable bonds is 2. The lowest BCUT2D eigenvalue weighted by molar-refractivity contribution is -0.630. The predicted molar refractivity (Wildman–Crippen MR) is 67.0 cm³/mol. The van der Waals surface area contributed by atoms with E-state index in [0.29, 0.717) is 10.3 Å². The molecule has 0 radical (unpaired) electrons. The van der Waals surface area contributed by atoms with Gasteiger partial charge in [0.1, 0.15) is 0 Å². The van der Waals surface area contributed by atoms with Crippen LogP contribution in [-0.4, -0.2) is 5.91 Å². The number of amides is 1. The van der Waals surface area contributed by atoms with Crippen molar-refractivity contribution in [1.29, 1.82) is 0 Å². The number of hydrogen-bond donors (Lipinski definition) is 2. The van der Waals surface area contributed by atoms with Crippen molar-refractivity contribution in [3.63, 3.8) is 0 Å². The molecule has 1 aromatic heterocycles. The van der Waals surface area contributed by atoms with E-state index < -0.39 is 0 Å². The van der Waals surface area contributed by atoms with Crippen molar-refractivity contribution in [2.24, 2.45) is 0 Å². The Labute approximate surface area is 104 Å². The zero-order valence-electron chi connectivity index (χ0n) is 8.83. The zero-order valence-corrected chi connectivity index (χ0v) is 9.72. The molecule has 5 heteroatoms. The van der Waals surface area contributed by atoms with Crippen molar-refractivity contribution in [2.45, 2.75) is 5.03 Å². The third kappa shape index (κ3) is 2.57. The summed E-state index contributed by atoms with van der Waals surface area (Å²) in [5.74, 6) is -0.166. The van der Waals surface area contributed by atoms with Crippen LogP contribution in [0.15, 0.2) is 53.6 Å². The molecule has 0 aliphatic rings. The van der Waals surface area contributed by atoms with E-state index in [4.69, 9.17) is 0 Å². The Morgan fingerprint density at radius 2 is 1.82 bits per heavy atom. The van der Waals surface area contributed by atoms with E-state index in [1.165, 1.54) is 6.07 Å². The van der Waals surface area contributed by atoms with Gasteiger partial charge in [-0.2, -0.15) is 0 Å². The van der Waals surface area contributed by atoms with Gasteiger partial charge in [0.2, 0.25) is 0 Å². The molecular formula is C12H10N2O2S. The van der Waals surface area contributed by atoms with Gasteiger partial charge < -0.3 is 5.21 Å². The SMILES string of the molecule is O=C(Nc1cccc(S)[n+]1[O-])c1ccccc1. The number of carbonyl (C=O) groups is 1. The fraction of sp³-hybridized carbons (Fsp3) is 0. The summed E-state index contributed by atoms with van der Waals surface area (Å²) in [6.07, 6.45) is 0. The molecule has 2 rings (SSSR count). The number of nitrogens with zero attached hydrogens (tertiary/aromatic N) is 1. The Morgan fingerprint density at radius 3 is 2.53 bits per heavy atom. The molecular weight excluding hydrogens is 236 g/mol. The highest BCUT2D eigenvalue weighted by Crippen LogP contribution is 2.07. The summed E-state index contributed by atoms with van der Waals surface area (Å²) in [5.41, 5.74) is 0.497. The lowest BCUT2D eigenvalue weighted by Gasteiger charge is -2.09. The topological polar surface area (TPSA) is 56.0 Å². The van der Waals surface area contributed by atoms with Crippen LogP contribution in [0, 0.1) is 5.21 Å². The third-order valence-corrected chi connectivity index (χ3v) is 2.53. The maximum absolute atomic E-state index is 11.8. The zero-order chi connectivity index (χ0) is 12.3. The second-order valence-electron chi connectivity index (χ2n) is 3.38. The van der Waals surface area contributed by atoms with Crippen LogP contribution in [0.2, 0.25) is 0 Å². The molecule has 0 unspecified atom stereocenters. The van der Waals surface area contributed by atoms with Crippen LogP contribution in [0.4, 0.5) is 5.82 Å². The second-order valence-corrected chi connectivity index (χ2v) is 3.84. The van der Waals surface area contributed by atoms with Gasteiger partial charge in [0.05, 0.1) is 5.56 Å². The number of pyridine rings is 1. The summed E-state index contributed by atoms with van der Waals surface area (Å²) in [5, 5.41) is 14.3. The summed E-state index contributed by atoms with van der Waals surface area (Å²) in [6, 6.07) is 13.4. The molecule has 0 atom stereocenters. The van der Waals surface area contributed by atoms with E-state index in [1.807, 2.05) is 6.07 Å². The van der Waals surface area contributed by atoms with Gasteiger partial charge in [-0.15, -0.1) is 12.6 Å². The van der Waals surface area contributed by atoms with Gasteiger partial charge in [0, 0.05) is 6.07 Å². The largest absolute Gasteiger partial charge is 0.710 e. The highest BCUT2D eigenvalue weighted by Gasteiger charge is 2.13. The molecule has 0 aliphatic heterocycles. The van der Waals surface area contributed by atoms with Crippen LogP contribution >= 0.6 is 12.6 Å². The second kappa shape index (κ2) is 4.88. The monoisotopic (exact) mass is 246 g/mol. The molecule has 17 heavy (non-hydrogen) atoms. The third-order valence-electron chi connectivity index (χ3n) is 2.20. The van der Waals surface area contributed by atoms with Crippen LogP contribution in [-0.2, 0) is 0 Å². The molecule has 0 bridgehead atoms. The average Bonchev–Trinajstić information content (AvgIpc) is 2.36. The Balaban J connectivity index is 2.22. The first-order valence-corrected chi connectivity index (χ1v) is 5.41. The van der Waals surface area contributed by atoms with Crippen molar-refractivity contribution in [1.82, 2.24) is 0 Å². The van der Waals surface area contributed by atoms with Gasteiger partial charge in [0.25, 0.3) is 5.82 Å². The maximum atomic E-state index is 11.8. The fourth-order valence-corrected chi connectivity index (χ4v) is 1.55. The lowest BCUT2D eigenvalue weighted by Crippen LogP contribution is -2.34. The summed E-state index contributed by atoms with van der Waals surface area (Å²) in [4.78, 5) is 11.8. The van der Waals surface area contributed by atoms with Gasteiger partial charge in [0.15, 0.2) is 5.03 Å². The molecule has 0 saturated heterocycles. The Hall–Kier alpha value is -2.01. The molecule has 86 valence electrons. The van der Waals surface area contributed by atoms with E-state index in [0.717, 1.165) is 0 Å². The number of anilines is 1. The smallest absolute Gasteiger partial charge is 0.339 e. The van der Waals surface area contributed by atoms with Crippen molar-refractivity contribution in [2.75, 3.05) is 5.32 Å². The molecule has 0 saturated carbocycles. The van der Waals surface area contributed by atoms with E-state index in [9.17, 15) is 10.0 Å². The first-order chi connectivity index (χ1) is 8.18. The minimum Gasteiger partial charge on any atom is -0.710 e. The van der Waals surface area contributed by atoms with Gasteiger partial charge in [-0.3, -0.25) is 0 Å². The Kier molecular flexibility index (Phi) is 3.30. The van der Waals surface area contributed by atoms with Gasteiger partial charge >= 0.3 is 5.91 Å². The van der Waals surface area contributed by atoms with E-state index in [1.54, 1.807) is 36.4 Å². The molecule has 1 heterocycles. The molecule has 0 fully saturated rings. The van der Waals surface area contributed by atoms with Gasteiger partial charge in [-0.25, -0.2) is 14.8 Å².